The Labute approximate surface area is 102 Å². The van der Waals surface area contributed by atoms with Crippen LogP contribution in [0.15, 0.2) is 24.4 Å². The minimum absolute atomic E-state index is 0.0770. The zero-order valence-corrected chi connectivity index (χ0v) is 10.1. The van der Waals surface area contributed by atoms with Crippen molar-refractivity contribution in [2.45, 2.75) is 18.8 Å². The molecule has 2 rings (SSSR count). The Kier molecular flexibility index (Phi) is 4.09. The van der Waals surface area contributed by atoms with E-state index in [-0.39, 0.29) is 12.5 Å². The fourth-order valence-corrected chi connectivity index (χ4v) is 2.28. The van der Waals surface area contributed by atoms with E-state index in [1.165, 1.54) is 0 Å². The van der Waals surface area contributed by atoms with Gasteiger partial charge in [0.15, 0.2) is 0 Å². The highest BCUT2D eigenvalue weighted by molar-refractivity contribution is 5.77. The molecule has 1 aromatic heterocycles. The summed E-state index contributed by atoms with van der Waals surface area (Å²) in [7, 11) is 1.55. The number of hydrogen-bond donors (Lipinski definition) is 0. The molecule has 1 aliphatic rings. The van der Waals surface area contributed by atoms with Gasteiger partial charge in [0.05, 0.1) is 0 Å². The normalized spacial score (nSPS) is 20.3. The fourth-order valence-electron chi connectivity index (χ4n) is 2.28. The Bertz CT molecular complexity index is 367. The minimum Gasteiger partial charge on any atom is -0.375 e. The lowest BCUT2D eigenvalue weighted by Crippen LogP contribution is -2.41. The summed E-state index contributed by atoms with van der Waals surface area (Å²) in [5, 5.41) is 0. The number of carbonyl (C=O) groups excluding carboxylic acids is 1. The topological polar surface area (TPSA) is 42.4 Å². The summed E-state index contributed by atoms with van der Waals surface area (Å²) in [5.41, 5.74) is 1.09. The lowest BCUT2D eigenvalue weighted by atomic mass is 9.94. The summed E-state index contributed by atoms with van der Waals surface area (Å²) in [6.45, 7) is 1.78. The van der Waals surface area contributed by atoms with Gasteiger partial charge in [-0.1, -0.05) is 6.07 Å². The predicted molar refractivity (Wildman–Crippen MR) is 64.7 cm³/mol. The third-order valence-electron chi connectivity index (χ3n) is 3.15. The second kappa shape index (κ2) is 5.77. The number of nitrogens with zero attached hydrogens (tertiary/aromatic N) is 2. The molecule has 17 heavy (non-hydrogen) atoms. The molecule has 1 amide bonds. The number of methoxy groups -OCH3 is 1. The lowest BCUT2D eigenvalue weighted by Gasteiger charge is -2.32. The standard InChI is InChI=1S/C13H18N2O2/c1-17-10-13(16)15-8-4-5-11(9-15)12-6-2-3-7-14-12/h2-3,6-7,11H,4-5,8-10H2,1H3/t11-/m0/s1. The number of ether oxygens (including phenoxy) is 1. The summed E-state index contributed by atoms with van der Waals surface area (Å²) in [6.07, 6.45) is 3.95. The van der Waals surface area contributed by atoms with Gasteiger partial charge in [-0.3, -0.25) is 9.78 Å². The van der Waals surface area contributed by atoms with Gasteiger partial charge >= 0.3 is 0 Å². The van der Waals surface area contributed by atoms with Crippen molar-refractivity contribution in [2.75, 3.05) is 26.8 Å². The maximum absolute atomic E-state index is 11.8. The van der Waals surface area contributed by atoms with Gasteiger partial charge in [-0.25, -0.2) is 0 Å². The van der Waals surface area contributed by atoms with Crippen molar-refractivity contribution >= 4 is 5.91 Å². The van der Waals surface area contributed by atoms with E-state index in [2.05, 4.69) is 4.98 Å². The molecular formula is C13H18N2O2. The van der Waals surface area contributed by atoms with Crippen LogP contribution in [0.25, 0.3) is 0 Å². The van der Waals surface area contributed by atoms with E-state index < -0.39 is 0 Å². The Morgan fingerprint density at radius 2 is 2.47 bits per heavy atom. The van der Waals surface area contributed by atoms with Crippen molar-refractivity contribution in [3.63, 3.8) is 0 Å². The number of carbonyl (C=O) groups is 1. The molecule has 92 valence electrons. The molecule has 0 aliphatic carbocycles. The van der Waals surface area contributed by atoms with Crippen molar-refractivity contribution in [1.29, 1.82) is 0 Å². The van der Waals surface area contributed by atoms with E-state index in [0.29, 0.717) is 5.92 Å². The molecule has 0 bridgehead atoms. The summed E-state index contributed by atoms with van der Waals surface area (Å²) in [5.74, 6) is 0.443. The molecule has 1 fully saturated rings. The third kappa shape index (κ3) is 3.03. The van der Waals surface area contributed by atoms with Crippen LogP contribution in [-0.4, -0.2) is 42.6 Å². The van der Waals surface area contributed by atoms with E-state index in [4.69, 9.17) is 4.74 Å². The van der Waals surface area contributed by atoms with Crippen LogP contribution in [0.4, 0.5) is 0 Å². The molecule has 0 saturated carbocycles. The quantitative estimate of drug-likeness (QED) is 0.794. The van der Waals surface area contributed by atoms with Gasteiger partial charge in [0, 0.05) is 38.0 Å². The van der Waals surface area contributed by atoms with Crippen molar-refractivity contribution in [1.82, 2.24) is 9.88 Å². The predicted octanol–water partition coefficient (Wildman–Crippen LogP) is 1.43. The first kappa shape index (κ1) is 12.0. The average molecular weight is 234 g/mol. The summed E-state index contributed by atoms with van der Waals surface area (Å²) < 4.78 is 4.89. The van der Waals surface area contributed by atoms with Crippen molar-refractivity contribution in [3.05, 3.63) is 30.1 Å². The molecule has 0 N–H and O–H groups in total. The Morgan fingerprint density at radius 3 is 3.18 bits per heavy atom. The van der Waals surface area contributed by atoms with Gasteiger partial charge in [0.25, 0.3) is 0 Å². The maximum Gasteiger partial charge on any atom is 0.248 e. The zero-order chi connectivity index (χ0) is 12.1. The fraction of sp³-hybridized carbons (Fsp3) is 0.538. The summed E-state index contributed by atoms with van der Waals surface area (Å²) in [6, 6.07) is 5.95. The van der Waals surface area contributed by atoms with Crippen LogP contribution in [-0.2, 0) is 9.53 Å². The molecule has 1 aromatic rings. The van der Waals surface area contributed by atoms with Crippen LogP contribution in [0.5, 0.6) is 0 Å². The van der Waals surface area contributed by atoms with E-state index >= 15 is 0 Å². The number of aromatic nitrogens is 1. The van der Waals surface area contributed by atoms with Crippen LogP contribution in [0, 0.1) is 0 Å². The monoisotopic (exact) mass is 234 g/mol. The molecule has 1 aliphatic heterocycles. The van der Waals surface area contributed by atoms with Gasteiger partial charge in [-0.2, -0.15) is 0 Å². The van der Waals surface area contributed by atoms with E-state index in [9.17, 15) is 4.79 Å². The molecule has 0 spiro atoms. The highest BCUT2D eigenvalue weighted by atomic mass is 16.5. The Balaban J connectivity index is 2.00. The minimum atomic E-state index is 0.0770. The number of amides is 1. The Morgan fingerprint density at radius 1 is 1.59 bits per heavy atom. The lowest BCUT2D eigenvalue weighted by molar-refractivity contribution is -0.136. The summed E-state index contributed by atoms with van der Waals surface area (Å²) >= 11 is 0. The van der Waals surface area contributed by atoms with Gasteiger partial charge in [-0.15, -0.1) is 0 Å². The van der Waals surface area contributed by atoms with Crippen LogP contribution < -0.4 is 0 Å². The number of hydrogen-bond acceptors (Lipinski definition) is 3. The van der Waals surface area contributed by atoms with Gasteiger partial charge in [-0.05, 0) is 25.0 Å². The van der Waals surface area contributed by atoms with E-state index in [0.717, 1.165) is 31.6 Å². The second-order valence-corrected chi connectivity index (χ2v) is 4.37. The largest absolute Gasteiger partial charge is 0.375 e. The summed E-state index contributed by atoms with van der Waals surface area (Å²) in [4.78, 5) is 18.0. The van der Waals surface area contributed by atoms with Crippen LogP contribution >= 0.6 is 0 Å². The zero-order valence-electron chi connectivity index (χ0n) is 10.1. The molecular weight excluding hydrogens is 216 g/mol. The molecule has 2 heterocycles. The number of piperidine rings is 1. The SMILES string of the molecule is COCC(=O)N1CCC[C@H](c2ccccn2)C1. The number of likely N-dealkylation sites (tertiary alicyclic amines) is 1. The highest BCUT2D eigenvalue weighted by Crippen LogP contribution is 2.25. The first-order valence-corrected chi connectivity index (χ1v) is 5.99. The number of pyridine rings is 1. The molecule has 4 nitrogen and oxygen atoms in total. The van der Waals surface area contributed by atoms with Crippen LogP contribution in [0.1, 0.15) is 24.5 Å². The molecule has 1 saturated heterocycles. The third-order valence-corrected chi connectivity index (χ3v) is 3.15. The Hall–Kier alpha value is -1.42. The first-order valence-electron chi connectivity index (χ1n) is 5.99. The van der Waals surface area contributed by atoms with Gasteiger partial charge in [0.1, 0.15) is 6.61 Å². The van der Waals surface area contributed by atoms with Crippen molar-refractivity contribution in [3.8, 4) is 0 Å². The second-order valence-electron chi connectivity index (χ2n) is 4.37. The van der Waals surface area contributed by atoms with Crippen LogP contribution in [0.2, 0.25) is 0 Å². The van der Waals surface area contributed by atoms with Crippen LogP contribution in [0.3, 0.4) is 0 Å². The first-order chi connectivity index (χ1) is 8.31. The average Bonchev–Trinajstić information content (AvgIpc) is 2.40. The number of rotatable bonds is 3. The van der Waals surface area contributed by atoms with Gasteiger partial charge in [0.2, 0.25) is 5.91 Å². The molecule has 0 aromatic carbocycles. The van der Waals surface area contributed by atoms with E-state index in [1.807, 2.05) is 29.3 Å². The smallest absolute Gasteiger partial charge is 0.248 e. The van der Waals surface area contributed by atoms with Gasteiger partial charge < -0.3 is 9.64 Å². The molecule has 4 heteroatoms. The molecule has 0 radical (unpaired) electrons. The maximum atomic E-state index is 11.8. The van der Waals surface area contributed by atoms with Crippen molar-refractivity contribution in [2.24, 2.45) is 0 Å². The van der Waals surface area contributed by atoms with E-state index in [1.54, 1.807) is 7.11 Å². The molecule has 1 atom stereocenters. The highest BCUT2D eigenvalue weighted by Gasteiger charge is 2.24. The van der Waals surface area contributed by atoms with Crippen molar-refractivity contribution < 1.29 is 9.53 Å². The molecule has 0 unspecified atom stereocenters.